The van der Waals surface area contributed by atoms with Crippen LogP contribution in [0.15, 0.2) is 12.1 Å². The van der Waals surface area contributed by atoms with Crippen LogP contribution in [-0.4, -0.2) is 25.6 Å². The first-order valence-electron chi connectivity index (χ1n) is 5.98. The minimum Gasteiger partial charge on any atom is -0.496 e. The molecule has 2 N–H and O–H groups in total. The van der Waals surface area contributed by atoms with Gasteiger partial charge in [-0.25, -0.2) is 0 Å². The van der Waals surface area contributed by atoms with Gasteiger partial charge in [0.1, 0.15) is 5.75 Å². The minimum absolute atomic E-state index is 0.0577. The highest BCUT2D eigenvalue weighted by molar-refractivity contribution is 5.98. The second kappa shape index (κ2) is 5.40. The molecule has 0 spiro atoms. The van der Waals surface area contributed by atoms with Crippen LogP contribution in [-0.2, 0) is 4.79 Å². The van der Waals surface area contributed by atoms with Crippen LogP contribution in [0.1, 0.15) is 25.0 Å². The quantitative estimate of drug-likeness (QED) is 0.861. The summed E-state index contributed by atoms with van der Waals surface area (Å²) in [7, 11) is 3.41. The fraction of sp³-hybridized carbons (Fsp3) is 0.500. The van der Waals surface area contributed by atoms with E-state index < -0.39 is 5.54 Å². The van der Waals surface area contributed by atoms with Crippen molar-refractivity contribution in [3.63, 3.8) is 0 Å². The van der Waals surface area contributed by atoms with E-state index >= 15 is 0 Å². The molecular weight excluding hydrogens is 228 g/mol. The molecule has 4 nitrogen and oxygen atoms in total. The molecule has 0 unspecified atom stereocenters. The standard InChI is InChI=1S/C14H22N2O2/c1-9-10(2)12(18-6)8-7-11(9)16-13(17)14(3,4)15-5/h7-8,15H,1-6H3,(H,16,17). The molecule has 0 saturated carbocycles. The van der Waals surface area contributed by atoms with E-state index in [9.17, 15) is 4.79 Å². The molecule has 100 valence electrons. The largest absolute Gasteiger partial charge is 0.496 e. The molecule has 1 rings (SSSR count). The highest BCUT2D eigenvalue weighted by Gasteiger charge is 2.25. The Balaban J connectivity index is 3.00. The second-order valence-electron chi connectivity index (χ2n) is 4.89. The summed E-state index contributed by atoms with van der Waals surface area (Å²) in [5, 5.41) is 5.92. The number of likely N-dealkylation sites (N-methyl/N-ethyl adjacent to an activating group) is 1. The lowest BCUT2D eigenvalue weighted by Crippen LogP contribution is -2.48. The number of benzene rings is 1. The summed E-state index contributed by atoms with van der Waals surface area (Å²) in [5.74, 6) is 0.774. The van der Waals surface area contributed by atoms with E-state index in [-0.39, 0.29) is 5.91 Å². The van der Waals surface area contributed by atoms with Gasteiger partial charge in [0.25, 0.3) is 0 Å². The second-order valence-corrected chi connectivity index (χ2v) is 4.89. The number of carbonyl (C=O) groups excluding carboxylic acids is 1. The summed E-state index contributed by atoms with van der Waals surface area (Å²) in [6.07, 6.45) is 0. The number of hydrogen-bond donors (Lipinski definition) is 2. The van der Waals surface area contributed by atoms with Gasteiger partial charge in [0.15, 0.2) is 0 Å². The molecule has 0 bridgehead atoms. The number of nitrogens with one attached hydrogen (secondary N) is 2. The number of ether oxygens (including phenoxy) is 1. The third kappa shape index (κ3) is 2.82. The van der Waals surface area contributed by atoms with Gasteiger partial charge in [-0.05, 0) is 58.0 Å². The fourth-order valence-corrected chi connectivity index (χ4v) is 1.54. The van der Waals surface area contributed by atoms with Crippen molar-refractivity contribution in [3.05, 3.63) is 23.3 Å². The van der Waals surface area contributed by atoms with Gasteiger partial charge in [-0.1, -0.05) is 0 Å². The van der Waals surface area contributed by atoms with Crippen LogP contribution in [0.4, 0.5) is 5.69 Å². The predicted molar refractivity (Wildman–Crippen MR) is 74.2 cm³/mol. The molecule has 0 radical (unpaired) electrons. The highest BCUT2D eigenvalue weighted by Crippen LogP contribution is 2.27. The first-order valence-corrected chi connectivity index (χ1v) is 5.98. The molecule has 1 aromatic rings. The maximum absolute atomic E-state index is 12.1. The zero-order valence-electron chi connectivity index (χ0n) is 12.0. The van der Waals surface area contributed by atoms with Crippen molar-refractivity contribution in [3.8, 4) is 5.75 Å². The normalized spacial score (nSPS) is 11.2. The summed E-state index contributed by atoms with van der Waals surface area (Å²) in [6, 6.07) is 3.73. The van der Waals surface area contributed by atoms with Crippen LogP contribution < -0.4 is 15.4 Å². The Morgan fingerprint density at radius 1 is 1.22 bits per heavy atom. The molecular formula is C14H22N2O2. The zero-order valence-corrected chi connectivity index (χ0v) is 12.0. The van der Waals surface area contributed by atoms with E-state index in [1.54, 1.807) is 14.2 Å². The van der Waals surface area contributed by atoms with Gasteiger partial charge in [0.2, 0.25) is 5.91 Å². The van der Waals surface area contributed by atoms with E-state index in [1.165, 1.54) is 0 Å². The van der Waals surface area contributed by atoms with Crippen LogP contribution in [0.2, 0.25) is 0 Å². The molecule has 0 aliphatic heterocycles. The smallest absolute Gasteiger partial charge is 0.244 e. The molecule has 18 heavy (non-hydrogen) atoms. The molecule has 0 aliphatic rings. The van der Waals surface area contributed by atoms with Crippen molar-refractivity contribution in [1.82, 2.24) is 5.32 Å². The molecule has 0 aliphatic carbocycles. The first kappa shape index (κ1) is 14.5. The molecule has 0 saturated heterocycles. The van der Waals surface area contributed by atoms with Crippen molar-refractivity contribution in [2.45, 2.75) is 33.2 Å². The summed E-state index contributed by atoms with van der Waals surface area (Å²) < 4.78 is 5.25. The van der Waals surface area contributed by atoms with E-state index in [0.29, 0.717) is 0 Å². The Kier molecular flexibility index (Phi) is 4.35. The van der Waals surface area contributed by atoms with Crippen molar-refractivity contribution < 1.29 is 9.53 Å². The zero-order chi connectivity index (χ0) is 13.9. The average molecular weight is 250 g/mol. The number of anilines is 1. The van der Waals surface area contributed by atoms with Crippen molar-refractivity contribution in [2.75, 3.05) is 19.5 Å². The Bertz CT molecular complexity index is 453. The summed E-state index contributed by atoms with van der Waals surface area (Å²) >= 11 is 0. The first-order chi connectivity index (χ1) is 8.33. The Hall–Kier alpha value is -1.55. The van der Waals surface area contributed by atoms with E-state index in [2.05, 4.69) is 10.6 Å². The van der Waals surface area contributed by atoms with E-state index in [0.717, 1.165) is 22.6 Å². The summed E-state index contributed by atoms with van der Waals surface area (Å²) in [5.41, 5.74) is 2.29. The third-order valence-electron chi connectivity index (χ3n) is 3.40. The molecule has 1 aromatic carbocycles. The van der Waals surface area contributed by atoms with Crippen LogP contribution in [0, 0.1) is 13.8 Å². The lowest BCUT2D eigenvalue weighted by Gasteiger charge is -2.24. The number of amides is 1. The number of carbonyl (C=O) groups is 1. The van der Waals surface area contributed by atoms with Crippen molar-refractivity contribution >= 4 is 11.6 Å². The molecule has 0 atom stereocenters. The fourth-order valence-electron chi connectivity index (χ4n) is 1.54. The molecule has 0 aromatic heterocycles. The average Bonchev–Trinajstić information content (AvgIpc) is 2.35. The van der Waals surface area contributed by atoms with Crippen LogP contribution in [0.3, 0.4) is 0 Å². The van der Waals surface area contributed by atoms with Crippen LogP contribution in [0.5, 0.6) is 5.75 Å². The van der Waals surface area contributed by atoms with Gasteiger partial charge >= 0.3 is 0 Å². The monoisotopic (exact) mass is 250 g/mol. The van der Waals surface area contributed by atoms with Gasteiger partial charge in [-0.15, -0.1) is 0 Å². The Morgan fingerprint density at radius 2 is 1.83 bits per heavy atom. The SMILES string of the molecule is CNC(C)(C)C(=O)Nc1ccc(OC)c(C)c1C. The predicted octanol–water partition coefficient (Wildman–Crippen LogP) is 2.25. The van der Waals surface area contributed by atoms with Crippen LogP contribution in [0.25, 0.3) is 0 Å². The molecule has 0 heterocycles. The van der Waals surface area contributed by atoms with Gasteiger partial charge < -0.3 is 15.4 Å². The molecule has 4 heteroatoms. The number of rotatable bonds is 4. The minimum atomic E-state index is -0.597. The van der Waals surface area contributed by atoms with Gasteiger partial charge in [-0.3, -0.25) is 4.79 Å². The van der Waals surface area contributed by atoms with Crippen LogP contribution >= 0.6 is 0 Å². The number of methoxy groups -OCH3 is 1. The van der Waals surface area contributed by atoms with Gasteiger partial charge in [0.05, 0.1) is 12.6 Å². The maximum Gasteiger partial charge on any atom is 0.244 e. The molecule has 1 amide bonds. The maximum atomic E-state index is 12.1. The van der Waals surface area contributed by atoms with E-state index in [1.807, 2.05) is 39.8 Å². The Labute approximate surface area is 109 Å². The topological polar surface area (TPSA) is 50.4 Å². The molecule has 0 fully saturated rings. The lowest BCUT2D eigenvalue weighted by molar-refractivity contribution is -0.121. The van der Waals surface area contributed by atoms with Gasteiger partial charge in [0, 0.05) is 5.69 Å². The van der Waals surface area contributed by atoms with Gasteiger partial charge in [-0.2, -0.15) is 0 Å². The third-order valence-corrected chi connectivity index (χ3v) is 3.40. The summed E-state index contributed by atoms with van der Waals surface area (Å²) in [4.78, 5) is 12.1. The Morgan fingerprint density at radius 3 is 2.33 bits per heavy atom. The van der Waals surface area contributed by atoms with E-state index in [4.69, 9.17) is 4.74 Å². The lowest BCUT2D eigenvalue weighted by atomic mass is 10.0. The van der Waals surface area contributed by atoms with Crippen molar-refractivity contribution in [1.29, 1.82) is 0 Å². The number of hydrogen-bond acceptors (Lipinski definition) is 3. The highest BCUT2D eigenvalue weighted by atomic mass is 16.5. The van der Waals surface area contributed by atoms with Crippen molar-refractivity contribution in [2.24, 2.45) is 0 Å². The summed E-state index contributed by atoms with van der Waals surface area (Å²) in [6.45, 7) is 7.63.